The molecule has 0 atom stereocenters. The Bertz CT molecular complexity index is 379. The topological polar surface area (TPSA) is 83.5 Å². The first kappa shape index (κ1) is 11.2. The molecule has 5 heteroatoms. The van der Waals surface area contributed by atoms with Crippen LogP contribution in [0.5, 0.6) is 0 Å². The van der Waals surface area contributed by atoms with Crippen molar-refractivity contribution in [3.63, 3.8) is 0 Å². The molecule has 0 spiro atoms. The van der Waals surface area contributed by atoms with Crippen LogP contribution in [0.1, 0.15) is 13.3 Å². The zero-order valence-electron chi connectivity index (χ0n) is 8.24. The summed E-state index contributed by atoms with van der Waals surface area (Å²) in [6.07, 6.45) is 3.26. The molecule has 1 aliphatic carbocycles. The molecule has 0 saturated carbocycles. The number of nitrogens with one attached hydrogen (secondary N) is 1. The summed E-state index contributed by atoms with van der Waals surface area (Å²) in [5.74, 6) is -1.82. The Morgan fingerprint density at radius 2 is 2.20 bits per heavy atom. The Morgan fingerprint density at radius 1 is 1.53 bits per heavy atom. The SMILES string of the molecule is CC1=CCC(C(=O)NCC(=O)O)=CC1=O. The van der Waals surface area contributed by atoms with Gasteiger partial charge in [-0.15, -0.1) is 0 Å². The third kappa shape index (κ3) is 3.05. The minimum Gasteiger partial charge on any atom is -0.480 e. The van der Waals surface area contributed by atoms with Crippen LogP contribution in [0.2, 0.25) is 0 Å². The number of carbonyl (C=O) groups excluding carboxylic acids is 2. The number of carboxylic acid groups (broad SMARTS) is 1. The van der Waals surface area contributed by atoms with Gasteiger partial charge in [0.1, 0.15) is 6.54 Å². The van der Waals surface area contributed by atoms with E-state index < -0.39 is 18.4 Å². The van der Waals surface area contributed by atoms with Gasteiger partial charge in [-0.25, -0.2) is 0 Å². The number of rotatable bonds is 3. The molecule has 0 aromatic heterocycles. The van der Waals surface area contributed by atoms with E-state index in [1.165, 1.54) is 6.08 Å². The van der Waals surface area contributed by atoms with Crippen LogP contribution in [0.15, 0.2) is 23.3 Å². The molecule has 15 heavy (non-hydrogen) atoms. The molecular formula is C10H11NO4. The van der Waals surface area contributed by atoms with Crippen molar-refractivity contribution in [2.24, 2.45) is 0 Å². The first-order valence-electron chi connectivity index (χ1n) is 4.42. The number of allylic oxidation sites excluding steroid dienone is 3. The first-order chi connectivity index (χ1) is 7.00. The minimum atomic E-state index is -1.11. The summed E-state index contributed by atoms with van der Waals surface area (Å²) >= 11 is 0. The first-order valence-corrected chi connectivity index (χ1v) is 4.42. The van der Waals surface area contributed by atoms with Gasteiger partial charge < -0.3 is 10.4 Å². The van der Waals surface area contributed by atoms with Gasteiger partial charge in [0.25, 0.3) is 0 Å². The number of ketones is 1. The third-order valence-corrected chi connectivity index (χ3v) is 2.01. The van der Waals surface area contributed by atoms with Crippen LogP contribution in [-0.2, 0) is 14.4 Å². The van der Waals surface area contributed by atoms with Crippen LogP contribution in [-0.4, -0.2) is 29.3 Å². The highest BCUT2D eigenvalue weighted by atomic mass is 16.4. The average Bonchev–Trinajstić information content (AvgIpc) is 2.18. The predicted octanol–water partition coefficient (Wildman–Crippen LogP) is 0.0327. The highest BCUT2D eigenvalue weighted by Gasteiger charge is 2.16. The Labute approximate surface area is 86.5 Å². The Kier molecular flexibility index (Phi) is 3.38. The van der Waals surface area contributed by atoms with Gasteiger partial charge in [0.2, 0.25) is 5.91 Å². The van der Waals surface area contributed by atoms with Gasteiger partial charge in [-0.3, -0.25) is 14.4 Å². The van der Waals surface area contributed by atoms with Crippen molar-refractivity contribution in [2.45, 2.75) is 13.3 Å². The van der Waals surface area contributed by atoms with Gasteiger partial charge in [0.05, 0.1) is 0 Å². The molecular weight excluding hydrogens is 198 g/mol. The van der Waals surface area contributed by atoms with Crippen molar-refractivity contribution >= 4 is 17.7 Å². The van der Waals surface area contributed by atoms with E-state index in [1.54, 1.807) is 13.0 Å². The van der Waals surface area contributed by atoms with Crippen LogP contribution in [0, 0.1) is 0 Å². The highest BCUT2D eigenvalue weighted by Crippen LogP contribution is 2.13. The molecule has 5 nitrogen and oxygen atoms in total. The predicted molar refractivity (Wildman–Crippen MR) is 52.1 cm³/mol. The Balaban J connectivity index is 2.59. The van der Waals surface area contributed by atoms with Gasteiger partial charge in [0.15, 0.2) is 5.78 Å². The lowest BCUT2D eigenvalue weighted by atomic mass is 9.99. The summed E-state index contributed by atoms with van der Waals surface area (Å²) in [6.45, 7) is 1.23. The molecule has 0 fully saturated rings. The fourth-order valence-corrected chi connectivity index (χ4v) is 1.12. The molecule has 0 radical (unpaired) electrons. The van der Waals surface area contributed by atoms with Crippen molar-refractivity contribution in [1.82, 2.24) is 5.32 Å². The minimum absolute atomic E-state index is 0.207. The van der Waals surface area contributed by atoms with Crippen molar-refractivity contribution in [3.8, 4) is 0 Å². The Hall–Kier alpha value is -1.91. The highest BCUT2D eigenvalue weighted by molar-refractivity contribution is 6.10. The molecule has 0 aromatic carbocycles. The fraction of sp³-hybridized carbons (Fsp3) is 0.300. The summed E-state index contributed by atoms with van der Waals surface area (Å²) in [4.78, 5) is 32.7. The number of carboxylic acids is 1. The van der Waals surface area contributed by atoms with E-state index in [2.05, 4.69) is 5.32 Å². The summed E-state index contributed by atoms with van der Waals surface area (Å²) in [5.41, 5.74) is 0.900. The standard InChI is InChI=1S/C10H11NO4/c1-6-2-3-7(4-8(6)12)10(15)11-5-9(13)14/h2,4H,3,5H2,1H3,(H,11,15)(H,13,14). The zero-order chi connectivity index (χ0) is 11.4. The lowest BCUT2D eigenvalue weighted by molar-refractivity contribution is -0.137. The van der Waals surface area contributed by atoms with Gasteiger partial charge in [-0.1, -0.05) is 6.08 Å². The second-order valence-corrected chi connectivity index (χ2v) is 3.20. The zero-order valence-corrected chi connectivity index (χ0v) is 8.24. The van der Waals surface area contributed by atoms with Crippen molar-refractivity contribution in [1.29, 1.82) is 0 Å². The fourth-order valence-electron chi connectivity index (χ4n) is 1.12. The molecule has 0 unspecified atom stereocenters. The van der Waals surface area contributed by atoms with Crippen LogP contribution in [0.25, 0.3) is 0 Å². The van der Waals surface area contributed by atoms with Crippen LogP contribution >= 0.6 is 0 Å². The van der Waals surface area contributed by atoms with Crippen LogP contribution in [0.3, 0.4) is 0 Å². The maximum absolute atomic E-state index is 11.3. The molecule has 0 aliphatic heterocycles. The average molecular weight is 209 g/mol. The summed E-state index contributed by atoms with van der Waals surface area (Å²) in [7, 11) is 0. The van der Waals surface area contributed by atoms with E-state index >= 15 is 0 Å². The maximum Gasteiger partial charge on any atom is 0.322 e. The van der Waals surface area contributed by atoms with Crippen molar-refractivity contribution < 1.29 is 19.5 Å². The van der Waals surface area contributed by atoms with E-state index in [0.29, 0.717) is 17.6 Å². The molecule has 1 amide bonds. The summed E-state index contributed by atoms with van der Waals surface area (Å²) in [5, 5.41) is 10.5. The lowest BCUT2D eigenvalue weighted by Crippen LogP contribution is -2.31. The number of hydrogen-bond donors (Lipinski definition) is 2. The van der Waals surface area contributed by atoms with Gasteiger partial charge in [-0.05, 0) is 25.0 Å². The normalized spacial score (nSPS) is 15.4. The second kappa shape index (κ2) is 4.54. The quantitative estimate of drug-likeness (QED) is 0.687. The molecule has 0 aromatic rings. The monoisotopic (exact) mass is 209 g/mol. The van der Waals surface area contributed by atoms with E-state index in [4.69, 9.17) is 5.11 Å². The lowest BCUT2D eigenvalue weighted by Gasteiger charge is -2.09. The molecule has 1 aliphatic rings. The van der Waals surface area contributed by atoms with E-state index in [0.717, 1.165) is 0 Å². The molecule has 0 bridgehead atoms. The molecule has 0 heterocycles. The van der Waals surface area contributed by atoms with Crippen LogP contribution in [0.4, 0.5) is 0 Å². The second-order valence-electron chi connectivity index (χ2n) is 3.20. The third-order valence-electron chi connectivity index (χ3n) is 2.01. The summed E-state index contributed by atoms with van der Waals surface area (Å²) in [6, 6.07) is 0. The molecule has 1 rings (SSSR count). The van der Waals surface area contributed by atoms with Crippen molar-refractivity contribution in [3.05, 3.63) is 23.3 Å². The maximum atomic E-state index is 11.3. The van der Waals surface area contributed by atoms with E-state index in [-0.39, 0.29) is 5.78 Å². The molecule has 2 N–H and O–H groups in total. The van der Waals surface area contributed by atoms with Gasteiger partial charge >= 0.3 is 5.97 Å². The summed E-state index contributed by atoms with van der Waals surface area (Å²) < 4.78 is 0. The number of aliphatic carboxylic acids is 1. The largest absolute Gasteiger partial charge is 0.480 e. The van der Waals surface area contributed by atoms with Crippen molar-refractivity contribution in [2.75, 3.05) is 6.54 Å². The van der Waals surface area contributed by atoms with E-state index in [1.807, 2.05) is 0 Å². The number of carbonyl (C=O) groups is 3. The molecule has 80 valence electrons. The van der Waals surface area contributed by atoms with Gasteiger partial charge in [-0.2, -0.15) is 0 Å². The smallest absolute Gasteiger partial charge is 0.322 e. The van der Waals surface area contributed by atoms with E-state index in [9.17, 15) is 14.4 Å². The Morgan fingerprint density at radius 3 is 2.73 bits per heavy atom. The number of hydrogen-bond acceptors (Lipinski definition) is 3. The number of amides is 1. The van der Waals surface area contributed by atoms with Crippen LogP contribution < -0.4 is 5.32 Å². The molecule has 0 saturated heterocycles. The van der Waals surface area contributed by atoms with Gasteiger partial charge in [0, 0.05) is 5.57 Å².